The number of ether oxygens (including phenoxy) is 1. The second-order valence-corrected chi connectivity index (χ2v) is 6.56. The summed E-state index contributed by atoms with van der Waals surface area (Å²) in [5, 5.41) is 2.95. The number of aryl methyl sites for hydroxylation is 1. The van der Waals surface area contributed by atoms with Gasteiger partial charge in [0.2, 0.25) is 0 Å². The number of piperazine rings is 1. The van der Waals surface area contributed by atoms with Gasteiger partial charge in [0.25, 0.3) is 0 Å². The molecule has 2 heterocycles. The summed E-state index contributed by atoms with van der Waals surface area (Å²) in [4.78, 5) is 16.6. The molecule has 0 spiro atoms. The van der Waals surface area contributed by atoms with Crippen molar-refractivity contribution in [2.24, 2.45) is 0 Å². The lowest BCUT2D eigenvalue weighted by molar-refractivity contribution is 0.118. The summed E-state index contributed by atoms with van der Waals surface area (Å²) in [6.45, 7) is 9.10. The van der Waals surface area contributed by atoms with Gasteiger partial charge >= 0.3 is 6.03 Å². The van der Waals surface area contributed by atoms with Crippen molar-refractivity contribution in [2.75, 3.05) is 44.3 Å². The highest BCUT2D eigenvalue weighted by Gasteiger charge is 2.22. The van der Waals surface area contributed by atoms with E-state index < -0.39 is 0 Å². The van der Waals surface area contributed by atoms with E-state index in [9.17, 15) is 4.79 Å². The zero-order valence-corrected chi connectivity index (χ0v) is 14.7. The van der Waals surface area contributed by atoms with Crippen LogP contribution in [0.25, 0.3) is 0 Å². The molecule has 1 N–H and O–H groups in total. The number of anilines is 1. The average molecular weight is 329 g/mol. The monoisotopic (exact) mass is 329 g/mol. The summed E-state index contributed by atoms with van der Waals surface area (Å²) in [6, 6.07) is 6.44. The zero-order valence-electron chi connectivity index (χ0n) is 14.7. The summed E-state index contributed by atoms with van der Waals surface area (Å²) in [5.74, 6) is 0. The normalized spacial score (nSPS) is 18.5. The van der Waals surface area contributed by atoms with Gasteiger partial charge in [-0.2, -0.15) is 0 Å². The fourth-order valence-corrected chi connectivity index (χ4v) is 3.26. The van der Waals surface area contributed by atoms with Gasteiger partial charge in [-0.05, 0) is 49.5 Å². The lowest BCUT2D eigenvalue weighted by atomic mass is 10.1. The quantitative estimate of drug-likeness (QED) is 0.907. The molecule has 1 aromatic rings. The van der Waals surface area contributed by atoms with Crippen LogP contribution in [0, 0.1) is 13.8 Å². The molecule has 1 aromatic carbocycles. The molecule has 2 aliphatic heterocycles. The molecule has 0 atom stereocenters. The summed E-state index contributed by atoms with van der Waals surface area (Å²) in [6.07, 6.45) is 3.71. The average Bonchev–Trinajstić information content (AvgIpc) is 2.63. The van der Waals surface area contributed by atoms with Crippen LogP contribution in [0.4, 0.5) is 10.5 Å². The number of carbonyl (C=O) groups is 1. The van der Waals surface area contributed by atoms with Crippen LogP contribution in [0.15, 0.2) is 30.0 Å². The highest BCUT2D eigenvalue weighted by Crippen LogP contribution is 2.23. The number of rotatable bonds is 2. The minimum absolute atomic E-state index is 0.00889. The van der Waals surface area contributed by atoms with E-state index in [0.29, 0.717) is 0 Å². The highest BCUT2D eigenvalue weighted by molar-refractivity contribution is 5.75. The van der Waals surface area contributed by atoms with E-state index in [1.54, 1.807) is 0 Å². The van der Waals surface area contributed by atoms with Crippen LogP contribution >= 0.6 is 0 Å². The molecule has 2 fully saturated rings. The fourth-order valence-electron chi connectivity index (χ4n) is 3.26. The fraction of sp³-hybridized carbons (Fsp3) is 0.526. The van der Waals surface area contributed by atoms with Crippen LogP contribution < -0.4 is 10.2 Å². The van der Waals surface area contributed by atoms with Gasteiger partial charge in [-0.25, -0.2) is 4.79 Å². The van der Waals surface area contributed by atoms with Crippen molar-refractivity contribution in [2.45, 2.75) is 26.7 Å². The predicted molar refractivity (Wildman–Crippen MR) is 96.4 cm³/mol. The van der Waals surface area contributed by atoms with Gasteiger partial charge in [-0.3, -0.25) is 0 Å². The number of nitrogens with zero attached hydrogens (tertiary/aromatic N) is 2. The van der Waals surface area contributed by atoms with Crippen molar-refractivity contribution in [3.8, 4) is 0 Å². The van der Waals surface area contributed by atoms with Crippen LogP contribution in [0.2, 0.25) is 0 Å². The summed E-state index contributed by atoms with van der Waals surface area (Å²) in [5.41, 5.74) is 5.21. The van der Waals surface area contributed by atoms with Gasteiger partial charge < -0.3 is 19.9 Å². The first-order chi connectivity index (χ1) is 11.6. The van der Waals surface area contributed by atoms with Crippen molar-refractivity contribution in [3.05, 3.63) is 41.1 Å². The summed E-state index contributed by atoms with van der Waals surface area (Å²) >= 11 is 0. The molecule has 2 saturated heterocycles. The van der Waals surface area contributed by atoms with E-state index in [0.717, 1.165) is 52.2 Å². The minimum Gasteiger partial charge on any atom is -0.381 e. The van der Waals surface area contributed by atoms with Crippen molar-refractivity contribution in [1.82, 2.24) is 10.2 Å². The Hall–Kier alpha value is -2.01. The standard InChI is InChI=1S/C19H27N3O2/c1-15-4-3-5-18(16(15)2)21-8-10-22(11-9-21)19(23)20-14-17-6-12-24-13-7-17/h3-5,14H,6-13H2,1-2H3,(H,20,23). The van der Waals surface area contributed by atoms with Crippen molar-refractivity contribution in [1.29, 1.82) is 0 Å². The molecule has 0 radical (unpaired) electrons. The molecule has 0 aliphatic carbocycles. The van der Waals surface area contributed by atoms with Crippen LogP contribution in [0.1, 0.15) is 24.0 Å². The molecule has 5 heteroatoms. The summed E-state index contributed by atoms with van der Waals surface area (Å²) in [7, 11) is 0. The Balaban J connectivity index is 1.53. The van der Waals surface area contributed by atoms with Crippen molar-refractivity contribution in [3.63, 3.8) is 0 Å². The lowest BCUT2D eigenvalue weighted by Gasteiger charge is -2.36. The van der Waals surface area contributed by atoms with Crippen LogP contribution in [0.3, 0.4) is 0 Å². The molecule has 0 aromatic heterocycles. The van der Waals surface area contributed by atoms with Gasteiger partial charge in [-0.15, -0.1) is 0 Å². The maximum absolute atomic E-state index is 12.3. The maximum atomic E-state index is 12.3. The third-order valence-electron chi connectivity index (χ3n) is 5.02. The van der Waals surface area contributed by atoms with Crippen molar-refractivity contribution < 1.29 is 9.53 Å². The number of nitrogens with one attached hydrogen (secondary N) is 1. The van der Waals surface area contributed by atoms with Gasteiger partial charge in [0, 0.05) is 38.1 Å². The third kappa shape index (κ3) is 3.90. The molecule has 0 bridgehead atoms. The second kappa shape index (κ2) is 7.71. The number of hydrogen-bond donors (Lipinski definition) is 1. The second-order valence-electron chi connectivity index (χ2n) is 6.56. The smallest absolute Gasteiger partial charge is 0.321 e. The van der Waals surface area contributed by atoms with E-state index in [4.69, 9.17) is 4.74 Å². The molecule has 3 rings (SSSR count). The number of amides is 2. The third-order valence-corrected chi connectivity index (χ3v) is 5.02. The highest BCUT2D eigenvalue weighted by atomic mass is 16.5. The van der Waals surface area contributed by atoms with Gasteiger partial charge in [-0.1, -0.05) is 12.1 Å². The first kappa shape index (κ1) is 16.8. The van der Waals surface area contributed by atoms with E-state index in [-0.39, 0.29) is 6.03 Å². The minimum atomic E-state index is 0.00889. The maximum Gasteiger partial charge on any atom is 0.321 e. The van der Waals surface area contributed by atoms with Gasteiger partial charge in [0.1, 0.15) is 0 Å². The molecule has 0 unspecified atom stereocenters. The Bertz CT molecular complexity index is 611. The molecular formula is C19H27N3O2. The lowest BCUT2D eigenvalue weighted by Crippen LogP contribution is -2.51. The molecule has 5 nitrogen and oxygen atoms in total. The first-order valence-corrected chi connectivity index (χ1v) is 8.77. The largest absolute Gasteiger partial charge is 0.381 e. The SMILES string of the molecule is Cc1cccc(N2CCN(C(=O)NC=C3CCOCC3)CC2)c1C. The zero-order chi connectivity index (χ0) is 16.9. The van der Waals surface area contributed by atoms with Crippen LogP contribution in [-0.4, -0.2) is 50.3 Å². The van der Waals surface area contributed by atoms with Gasteiger partial charge in [0.15, 0.2) is 0 Å². The van der Waals surface area contributed by atoms with Crippen LogP contribution in [0.5, 0.6) is 0 Å². The molecular weight excluding hydrogens is 302 g/mol. The number of carbonyl (C=O) groups excluding carboxylic acids is 1. The summed E-state index contributed by atoms with van der Waals surface area (Å²) < 4.78 is 5.33. The number of hydrogen-bond acceptors (Lipinski definition) is 3. The van der Waals surface area contributed by atoms with Crippen molar-refractivity contribution >= 4 is 11.7 Å². The number of benzene rings is 1. The van der Waals surface area contributed by atoms with E-state index in [1.807, 2.05) is 11.1 Å². The Labute approximate surface area is 144 Å². The Morgan fingerprint density at radius 3 is 2.54 bits per heavy atom. The molecule has 2 aliphatic rings. The number of urea groups is 1. The van der Waals surface area contributed by atoms with E-state index >= 15 is 0 Å². The van der Waals surface area contributed by atoms with Crippen LogP contribution in [-0.2, 0) is 4.74 Å². The molecule has 130 valence electrons. The Morgan fingerprint density at radius 1 is 1.12 bits per heavy atom. The molecule has 2 amide bonds. The van der Waals surface area contributed by atoms with E-state index in [2.05, 4.69) is 42.3 Å². The predicted octanol–water partition coefficient (Wildman–Crippen LogP) is 2.83. The molecule has 0 saturated carbocycles. The molecule has 24 heavy (non-hydrogen) atoms. The Morgan fingerprint density at radius 2 is 1.83 bits per heavy atom. The topological polar surface area (TPSA) is 44.8 Å². The first-order valence-electron chi connectivity index (χ1n) is 8.77. The van der Waals surface area contributed by atoms with Gasteiger partial charge in [0.05, 0.1) is 13.2 Å². The van der Waals surface area contributed by atoms with E-state index in [1.165, 1.54) is 22.4 Å². The Kier molecular flexibility index (Phi) is 5.41.